The van der Waals surface area contributed by atoms with Crippen LogP contribution in [0.4, 0.5) is 8.78 Å². The van der Waals surface area contributed by atoms with Crippen LogP contribution in [0.3, 0.4) is 0 Å². The normalized spacial score (nSPS) is 14.6. The number of rotatable bonds is 3. The Morgan fingerprint density at radius 2 is 1.81 bits per heavy atom. The Morgan fingerprint density at radius 3 is 2.52 bits per heavy atom. The van der Waals surface area contributed by atoms with Crippen LogP contribution in [0.25, 0.3) is 22.6 Å². The van der Waals surface area contributed by atoms with Crippen molar-refractivity contribution in [1.82, 2.24) is 9.55 Å². The van der Waals surface area contributed by atoms with Crippen molar-refractivity contribution >= 4 is 22.6 Å². The van der Waals surface area contributed by atoms with Gasteiger partial charge in [0.2, 0.25) is 0 Å². The fourth-order valence-electron chi connectivity index (χ4n) is 3.28. The van der Waals surface area contributed by atoms with Crippen LogP contribution in [-0.2, 0) is 6.54 Å². The lowest BCUT2D eigenvalue weighted by Crippen LogP contribution is -2.20. The summed E-state index contributed by atoms with van der Waals surface area (Å²) in [4.78, 5) is 17.5. The molecule has 0 atom stereocenters. The maximum absolute atomic E-state index is 13.5. The minimum absolute atomic E-state index is 0.176. The molecule has 0 amide bonds. The van der Waals surface area contributed by atoms with E-state index in [4.69, 9.17) is 9.47 Å². The van der Waals surface area contributed by atoms with E-state index in [1.54, 1.807) is 22.8 Å². The Bertz CT molecular complexity index is 1150. The van der Waals surface area contributed by atoms with Crippen molar-refractivity contribution in [1.29, 1.82) is 0 Å². The summed E-state index contributed by atoms with van der Waals surface area (Å²) in [6, 6.07) is 6.96. The van der Waals surface area contributed by atoms with Crippen molar-refractivity contribution in [2.45, 2.75) is 13.0 Å². The number of ether oxygens (including phenoxy) is 2. The van der Waals surface area contributed by atoms with Gasteiger partial charge in [-0.3, -0.25) is 9.36 Å². The SMILES string of the molecule is COc1cc2nc3n(c(=O)c2cc1OC)CC/C3=C\c1ccc(F)c(F)c1. The third kappa shape index (κ3) is 2.85. The second-order valence-electron chi connectivity index (χ2n) is 6.21. The van der Waals surface area contributed by atoms with E-state index >= 15 is 0 Å². The molecule has 0 radical (unpaired) electrons. The number of hydrogen-bond acceptors (Lipinski definition) is 4. The average molecular weight is 370 g/mol. The lowest BCUT2D eigenvalue weighted by atomic mass is 10.1. The molecule has 4 rings (SSSR count). The summed E-state index contributed by atoms with van der Waals surface area (Å²) in [5, 5.41) is 0.436. The molecule has 2 heterocycles. The first-order valence-corrected chi connectivity index (χ1v) is 8.34. The Kier molecular flexibility index (Phi) is 4.14. The monoisotopic (exact) mass is 370 g/mol. The first-order chi connectivity index (χ1) is 13.0. The third-order valence-corrected chi connectivity index (χ3v) is 4.64. The minimum Gasteiger partial charge on any atom is -0.493 e. The molecule has 2 aromatic carbocycles. The summed E-state index contributed by atoms with van der Waals surface area (Å²) < 4.78 is 38.7. The van der Waals surface area contributed by atoms with E-state index in [-0.39, 0.29) is 5.56 Å². The highest BCUT2D eigenvalue weighted by atomic mass is 19.2. The van der Waals surface area contributed by atoms with Crippen LogP contribution < -0.4 is 15.0 Å². The topological polar surface area (TPSA) is 53.4 Å². The van der Waals surface area contributed by atoms with Gasteiger partial charge in [0.1, 0.15) is 5.82 Å². The smallest absolute Gasteiger partial charge is 0.261 e. The maximum Gasteiger partial charge on any atom is 0.261 e. The zero-order valence-electron chi connectivity index (χ0n) is 14.8. The van der Waals surface area contributed by atoms with E-state index in [0.29, 0.717) is 46.8 Å². The molecule has 1 aliphatic rings. The van der Waals surface area contributed by atoms with Gasteiger partial charge in [-0.05, 0) is 41.8 Å². The molecule has 0 N–H and O–H groups in total. The predicted molar refractivity (Wildman–Crippen MR) is 98.0 cm³/mol. The van der Waals surface area contributed by atoms with Gasteiger partial charge in [-0.2, -0.15) is 0 Å². The summed E-state index contributed by atoms with van der Waals surface area (Å²) in [5.74, 6) is -0.358. The van der Waals surface area contributed by atoms with Gasteiger partial charge in [-0.15, -0.1) is 0 Å². The van der Waals surface area contributed by atoms with Gasteiger partial charge in [0.15, 0.2) is 23.1 Å². The van der Waals surface area contributed by atoms with E-state index in [0.717, 1.165) is 17.7 Å². The van der Waals surface area contributed by atoms with Gasteiger partial charge in [-0.1, -0.05) is 6.07 Å². The molecule has 0 spiro atoms. The maximum atomic E-state index is 13.5. The molecule has 27 heavy (non-hydrogen) atoms. The molecule has 0 saturated heterocycles. The number of allylic oxidation sites excluding steroid dienone is 1. The summed E-state index contributed by atoms with van der Waals surface area (Å²) >= 11 is 0. The Balaban J connectivity index is 1.88. The van der Waals surface area contributed by atoms with Crippen molar-refractivity contribution in [2.75, 3.05) is 14.2 Å². The lowest BCUT2D eigenvalue weighted by molar-refractivity contribution is 0.355. The third-order valence-electron chi connectivity index (χ3n) is 4.64. The highest BCUT2D eigenvalue weighted by Gasteiger charge is 2.22. The average Bonchev–Trinajstić information content (AvgIpc) is 3.06. The highest BCUT2D eigenvalue weighted by molar-refractivity contribution is 5.86. The lowest BCUT2D eigenvalue weighted by Gasteiger charge is -2.10. The number of aromatic nitrogens is 2. The van der Waals surface area contributed by atoms with Crippen LogP contribution in [-0.4, -0.2) is 23.8 Å². The standard InChI is InChI=1S/C20H16F2N2O3/c1-26-17-9-13-16(10-18(17)27-2)23-19-12(5-6-24(19)20(13)25)7-11-3-4-14(21)15(22)8-11/h3-4,7-10H,5-6H2,1-2H3/b12-7+. The molecular weight excluding hydrogens is 354 g/mol. The zero-order chi connectivity index (χ0) is 19.1. The van der Waals surface area contributed by atoms with E-state index in [9.17, 15) is 13.6 Å². The summed E-state index contributed by atoms with van der Waals surface area (Å²) in [7, 11) is 3.02. The molecule has 138 valence electrons. The van der Waals surface area contributed by atoms with Gasteiger partial charge in [0, 0.05) is 12.6 Å². The second-order valence-corrected chi connectivity index (χ2v) is 6.21. The number of halogens is 2. The molecule has 1 aliphatic heterocycles. The second kappa shape index (κ2) is 6.50. The van der Waals surface area contributed by atoms with E-state index < -0.39 is 11.6 Å². The Morgan fingerprint density at radius 1 is 1.07 bits per heavy atom. The van der Waals surface area contributed by atoms with Crippen LogP contribution in [0.15, 0.2) is 35.1 Å². The zero-order valence-corrected chi connectivity index (χ0v) is 14.8. The van der Waals surface area contributed by atoms with E-state index in [2.05, 4.69) is 4.98 Å². The van der Waals surface area contributed by atoms with Gasteiger partial charge >= 0.3 is 0 Å². The Hall–Kier alpha value is -3.22. The molecule has 7 heteroatoms. The Labute approximate surface area is 153 Å². The van der Waals surface area contributed by atoms with Crippen LogP contribution in [0, 0.1) is 11.6 Å². The first-order valence-electron chi connectivity index (χ1n) is 8.34. The first kappa shape index (κ1) is 17.2. The van der Waals surface area contributed by atoms with Crippen molar-refractivity contribution < 1.29 is 18.3 Å². The largest absolute Gasteiger partial charge is 0.493 e. The van der Waals surface area contributed by atoms with Gasteiger partial charge in [0.05, 0.1) is 25.1 Å². The van der Waals surface area contributed by atoms with E-state index in [1.165, 1.54) is 20.3 Å². The highest BCUT2D eigenvalue weighted by Crippen LogP contribution is 2.33. The molecular formula is C20H16F2N2O3. The van der Waals surface area contributed by atoms with Crippen molar-refractivity contribution in [3.8, 4) is 11.5 Å². The fourth-order valence-corrected chi connectivity index (χ4v) is 3.28. The van der Waals surface area contributed by atoms with Crippen LogP contribution in [0.1, 0.15) is 17.8 Å². The minimum atomic E-state index is -0.914. The molecule has 0 aliphatic carbocycles. The predicted octanol–water partition coefficient (Wildman–Crippen LogP) is 3.64. The molecule has 0 saturated carbocycles. The van der Waals surface area contributed by atoms with Crippen LogP contribution >= 0.6 is 0 Å². The van der Waals surface area contributed by atoms with Gasteiger partial charge in [-0.25, -0.2) is 13.8 Å². The molecule has 5 nitrogen and oxygen atoms in total. The van der Waals surface area contributed by atoms with Crippen molar-refractivity contribution in [2.24, 2.45) is 0 Å². The molecule has 1 aromatic heterocycles. The number of methoxy groups -OCH3 is 2. The molecule has 3 aromatic rings. The summed E-state index contributed by atoms with van der Waals surface area (Å²) in [5.41, 5.74) is 1.61. The fraction of sp³-hybridized carbons (Fsp3) is 0.200. The number of fused-ring (bicyclic) bond motifs is 2. The number of benzene rings is 2. The van der Waals surface area contributed by atoms with Gasteiger partial charge < -0.3 is 9.47 Å². The molecule has 0 fully saturated rings. The van der Waals surface area contributed by atoms with E-state index in [1.807, 2.05) is 0 Å². The van der Waals surface area contributed by atoms with Crippen molar-refractivity contribution in [3.63, 3.8) is 0 Å². The van der Waals surface area contributed by atoms with Crippen LogP contribution in [0.5, 0.6) is 11.5 Å². The van der Waals surface area contributed by atoms with Crippen molar-refractivity contribution in [3.05, 3.63) is 63.7 Å². The quantitative estimate of drug-likeness (QED) is 0.706. The molecule has 0 bridgehead atoms. The van der Waals surface area contributed by atoms with Gasteiger partial charge in [0.25, 0.3) is 5.56 Å². The summed E-state index contributed by atoms with van der Waals surface area (Å²) in [6.45, 7) is 0.473. The van der Waals surface area contributed by atoms with Crippen LogP contribution in [0.2, 0.25) is 0 Å². The summed E-state index contributed by atoms with van der Waals surface area (Å²) in [6.07, 6.45) is 2.30. The number of hydrogen-bond donors (Lipinski definition) is 0. The number of nitrogens with zero attached hydrogens (tertiary/aromatic N) is 2. The molecule has 0 unspecified atom stereocenters.